The second kappa shape index (κ2) is 5.99. The molecule has 0 N–H and O–H groups in total. The van der Waals surface area contributed by atoms with E-state index in [4.69, 9.17) is 5.26 Å². The molecule has 1 saturated heterocycles. The first kappa shape index (κ1) is 13.1. The summed E-state index contributed by atoms with van der Waals surface area (Å²) in [5, 5.41) is 8.97. The number of rotatable bonds is 2. The summed E-state index contributed by atoms with van der Waals surface area (Å²) in [7, 11) is 0. The maximum atomic E-state index is 8.97. The van der Waals surface area contributed by atoms with Crippen LogP contribution in [0, 0.1) is 17.2 Å². The van der Waals surface area contributed by atoms with Crippen LogP contribution in [0.5, 0.6) is 0 Å². The van der Waals surface area contributed by atoms with E-state index in [2.05, 4.69) is 61.0 Å². The Hall–Kier alpha value is -0.370. The molecule has 0 spiro atoms. The van der Waals surface area contributed by atoms with Crippen molar-refractivity contribution in [3.05, 3.63) is 32.7 Å². The van der Waals surface area contributed by atoms with E-state index in [1.54, 1.807) is 0 Å². The van der Waals surface area contributed by atoms with Gasteiger partial charge in [-0.05, 0) is 68.9 Å². The molecule has 1 aliphatic heterocycles. The minimum absolute atomic E-state index is 0.211. The van der Waals surface area contributed by atoms with Gasteiger partial charge in [0.2, 0.25) is 0 Å². The standard InChI is InChI=1S/C13H14Br2N2/c14-12-4-3-10(6-13(12)15)8-17-5-1-2-11(7-16)9-17/h3-4,6,11H,1-2,5,8-9H2. The summed E-state index contributed by atoms with van der Waals surface area (Å²) in [6.07, 6.45) is 2.19. The molecular formula is C13H14Br2N2. The van der Waals surface area contributed by atoms with Gasteiger partial charge in [0.05, 0.1) is 12.0 Å². The lowest BCUT2D eigenvalue weighted by atomic mass is 9.99. The highest BCUT2D eigenvalue weighted by Crippen LogP contribution is 2.25. The zero-order chi connectivity index (χ0) is 12.3. The molecule has 0 aliphatic carbocycles. The Kier molecular flexibility index (Phi) is 4.61. The summed E-state index contributed by atoms with van der Waals surface area (Å²) in [6, 6.07) is 8.71. The summed E-state index contributed by atoms with van der Waals surface area (Å²) in [5.74, 6) is 0.211. The van der Waals surface area contributed by atoms with Crippen LogP contribution in [0.4, 0.5) is 0 Å². The van der Waals surface area contributed by atoms with E-state index in [9.17, 15) is 0 Å². The molecule has 90 valence electrons. The Morgan fingerprint density at radius 3 is 2.88 bits per heavy atom. The smallest absolute Gasteiger partial charge is 0.0669 e. The lowest BCUT2D eigenvalue weighted by Crippen LogP contribution is -2.34. The summed E-state index contributed by atoms with van der Waals surface area (Å²) in [5.41, 5.74) is 1.29. The van der Waals surface area contributed by atoms with Gasteiger partial charge in [0.15, 0.2) is 0 Å². The quantitative estimate of drug-likeness (QED) is 0.801. The normalized spacial score (nSPS) is 21.1. The Labute approximate surface area is 119 Å². The van der Waals surface area contributed by atoms with Gasteiger partial charge in [-0.25, -0.2) is 0 Å². The predicted octanol–water partition coefficient (Wildman–Crippen LogP) is 3.95. The van der Waals surface area contributed by atoms with Crippen molar-refractivity contribution in [2.24, 2.45) is 5.92 Å². The first-order chi connectivity index (χ1) is 8.19. The SMILES string of the molecule is N#CC1CCCN(Cc2ccc(Br)c(Br)c2)C1. The van der Waals surface area contributed by atoms with E-state index in [0.29, 0.717) is 0 Å². The number of nitrogens with zero attached hydrogens (tertiary/aromatic N) is 2. The van der Waals surface area contributed by atoms with Gasteiger partial charge in [0, 0.05) is 22.0 Å². The van der Waals surface area contributed by atoms with Gasteiger partial charge in [-0.15, -0.1) is 0 Å². The molecule has 1 heterocycles. The van der Waals surface area contributed by atoms with Crippen LogP contribution in [-0.4, -0.2) is 18.0 Å². The summed E-state index contributed by atoms with van der Waals surface area (Å²) < 4.78 is 2.17. The van der Waals surface area contributed by atoms with Gasteiger partial charge in [-0.3, -0.25) is 4.90 Å². The minimum Gasteiger partial charge on any atom is -0.298 e. The summed E-state index contributed by atoms with van der Waals surface area (Å²) in [6.45, 7) is 2.94. The van der Waals surface area contributed by atoms with E-state index in [-0.39, 0.29) is 5.92 Å². The number of piperidine rings is 1. The molecule has 17 heavy (non-hydrogen) atoms. The fourth-order valence-electron chi connectivity index (χ4n) is 2.20. The molecule has 4 heteroatoms. The zero-order valence-electron chi connectivity index (χ0n) is 9.50. The third-order valence-electron chi connectivity index (χ3n) is 3.08. The third-order valence-corrected chi connectivity index (χ3v) is 4.96. The predicted molar refractivity (Wildman–Crippen MR) is 75.5 cm³/mol. The van der Waals surface area contributed by atoms with E-state index in [0.717, 1.165) is 41.4 Å². The van der Waals surface area contributed by atoms with Gasteiger partial charge < -0.3 is 0 Å². The topological polar surface area (TPSA) is 27.0 Å². The van der Waals surface area contributed by atoms with E-state index in [1.807, 2.05) is 0 Å². The molecule has 1 aliphatic rings. The molecule has 1 unspecified atom stereocenters. The van der Waals surface area contributed by atoms with Crippen molar-refractivity contribution in [1.82, 2.24) is 4.90 Å². The zero-order valence-corrected chi connectivity index (χ0v) is 12.7. The minimum atomic E-state index is 0.211. The Morgan fingerprint density at radius 1 is 1.35 bits per heavy atom. The number of hydrogen-bond acceptors (Lipinski definition) is 2. The molecule has 1 aromatic carbocycles. The van der Waals surface area contributed by atoms with Crippen molar-refractivity contribution in [2.75, 3.05) is 13.1 Å². The van der Waals surface area contributed by atoms with Crippen LogP contribution in [0.2, 0.25) is 0 Å². The van der Waals surface area contributed by atoms with Crippen molar-refractivity contribution in [1.29, 1.82) is 5.26 Å². The molecule has 2 rings (SSSR count). The molecular weight excluding hydrogens is 344 g/mol. The molecule has 0 amide bonds. The number of nitriles is 1. The van der Waals surface area contributed by atoms with E-state index < -0.39 is 0 Å². The monoisotopic (exact) mass is 356 g/mol. The van der Waals surface area contributed by atoms with E-state index >= 15 is 0 Å². The van der Waals surface area contributed by atoms with Crippen molar-refractivity contribution in [3.63, 3.8) is 0 Å². The highest BCUT2D eigenvalue weighted by atomic mass is 79.9. The van der Waals surface area contributed by atoms with E-state index in [1.165, 1.54) is 5.56 Å². The summed E-state index contributed by atoms with van der Waals surface area (Å²) in [4.78, 5) is 2.37. The van der Waals surface area contributed by atoms with Gasteiger partial charge in [0.25, 0.3) is 0 Å². The van der Waals surface area contributed by atoms with Crippen LogP contribution >= 0.6 is 31.9 Å². The van der Waals surface area contributed by atoms with Gasteiger partial charge in [-0.2, -0.15) is 5.26 Å². The Balaban J connectivity index is 2.00. The maximum absolute atomic E-state index is 8.97. The second-order valence-corrected chi connectivity index (χ2v) is 6.16. The lowest BCUT2D eigenvalue weighted by molar-refractivity contribution is 0.192. The summed E-state index contributed by atoms with van der Waals surface area (Å²) >= 11 is 6.99. The highest BCUT2D eigenvalue weighted by molar-refractivity contribution is 9.13. The molecule has 0 bridgehead atoms. The number of hydrogen-bond donors (Lipinski definition) is 0. The average Bonchev–Trinajstić information content (AvgIpc) is 2.34. The average molecular weight is 358 g/mol. The molecule has 0 aromatic heterocycles. The largest absolute Gasteiger partial charge is 0.298 e. The van der Waals surface area contributed by atoms with Gasteiger partial charge in [-0.1, -0.05) is 6.07 Å². The number of likely N-dealkylation sites (tertiary alicyclic amines) is 1. The first-order valence-electron chi connectivity index (χ1n) is 5.75. The molecule has 1 fully saturated rings. The van der Waals surface area contributed by atoms with Gasteiger partial charge >= 0.3 is 0 Å². The molecule has 0 radical (unpaired) electrons. The van der Waals surface area contributed by atoms with Crippen LogP contribution in [0.25, 0.3) is 0 Å². The van der Waals surface area contributed by atoms with Crippen molar-refractivity contribution in [3.8, 4) is 6.07 Å². The number of benzene rings is 1. The Morgan fingerprint density at radius 2 is 2.18 bits per heavy atom. The van der Waals surface area contributed by atoms with Crippen LogP contribution in [0.15, 0.2) is 27.1 Å². The second-order valence-electron chi connectivity index (χ2n) is 4.45. The van der Waals surface area contributed by atoms with Crippen molar-refractivity contribution >= 4 is 31.9 Å². The van der Waals surface area contributed by atoms with Crippen molar-refractivity contribution in [2.45, 2.75) is 19.4 Å². The fraction of sp³-hybridized carbons (Fsp3) is 0.462. The van der Waals surface area contributed by atoms with Gasteiger partial charge in [0.1, 0.15) is 0 Å². The van der Waals surface area contributed by atoms with Crippen LogP contribution in [0.1, 0.15) is 18.4 Å². The highest BCUT2D eigenvalue weighted by Gasteiger charge is 2.19. The molecule has 2 nitrogen and oxygen atoms in total. The number of halogens is 2. The van der Waals surface area contributed by atoms with Crippen LogP contribution in [0.3, 0.4) is 0 Å². The maximum Gasteiger partial charge on any atom is 0.0669 e. The Bertz CT molecular complexity index is 440. The van der Waals surface area contributed by atoms with Crippen molar-refractivity contribution < 1.29 is 0 Å². The van der Waals surface area contributed by atoms with Crippen LogP contribution < -0.4 is 0 Å². The lowest BCUT2D eigenvalue weighted by Gasteiger charge is -2.29. The third kappa shape index (κ3) is 3.54. The molecule has 0 saturated carbocycles. The molecule has 1 aromatic rings. The van der Waals surface area contributed by atoms with Crippen LogP contribution in [-0.2, 0) is 6.54 Å². The molecule has 1 atom stereocenters. The fourth-order valence-corrected chi connectivity index (χ4v) is 2.87. The first-order valence-corrected chi connectivity index (χ1v) is 7.33.